The molecule has 1 unspecified atom stereocenters. The van der Waals surface area contributed by atoms with E-state index in [9.17, 15) is 19.5 Å². The monoisotopic (exact) mass is 299 g/mol. The number of hydrogen-bond acceptors (Lipinski definition) is 3. The number of carboxylic acid groups (broad SMARTS) is 1. The first-order chi connectivity index (χ1) is 9.71. The minimum absolute atomic E-state index is 0.139. The van der Waals surface area contributed by atoms with E-state index in [0.29, 0.717) is 25.9 Å². The summed E-state index contributed by atoms with van der Waals surface area (Å²) in [7, 11) is 0. The average molecular weight is 299 g/mol. The van der Waals surface area contributed by atoms with E-state index in [4.69, 9.17) is 5.73 Å². The Morgan fingerprint density at radius 1 is 1.38 bits per heavy atom. The summed E-state index contributed by atoms with van der Waals surface area (Å²) < 4.78 is 0. The largest absolute Gasteiger partial charge is 0.481 e. The zero-order valence-corrected chi connectivity index (χ0v) is 13.0. The van der Waals surface area contributed by atoms with E-state index in [1.165, 1.54) is 9.80 Å². The van der Waals surface area contributed by atoms with Gasteiger partial charge >= 0.3 is 12.0 Å². The topological polar surface area (TPSA) is 104 Å². The predicted octanol–water partition coefficient (Wildman–Crippen LogP) is 0.736. The van der Waals surface area contributed by atoms with Gasteiger partial charge in [-0.2, -0.15) is 0 Å². The molecule has 0 aliphatic carbocycles. The minimum atomic E-state index is -0.870. The van der Waals surface area contributed by atoms with E-state index in [1.807, 2.05) is 20.8 Å². The van der Waals surface area contributed by atoms with E-state index in [0.717, 1.165) is 0 Å². The lowest BCUT2D eigenvalue weighted by atomic mass is 9.84. The Balaban J connectivity index is 2.81. The number of likely N-dealkylation sites (tertiary alicyclic amines) is 1. The number of nitrogens with two attached hydrogens (primary N) is 1. The second-order valence-electron chi connectivity index (χ2n) is 6.13. The molecule has 1 aliphatic rings. The van der Waals surface area contributed by atoms with Crippen molar-refractivity contribution < 1.29 is 19.5 Å². The van der Waals surface area contributed by atoms with E-state index < -0.39 is 17.3 Å². The van der Waals surface area contributed by atoms with Gasteiger partial charge in [0.05, 0.1) is 5.41 Å². The Morgan fingerprint density at radius 2 is 2.00 bits per heavy atom. The predicted molar refractivity (Wildman–Crippen MR) is 77.6 cm³/mol. The number of hydrogen-bond donors (Lipinski definition) is 2. The molecule has 0 saturated carbocycles. The van der Waals surface area contributed by atoms with E-state index in [-0.39, 0.29) is 25.0 Å². The number of urea groups is 1. The third kappa shape index (κ3) is 4.09. The molecule has 1 fully saturated rings. The van der Waals surface area contributed by atoms with Crippen LogP contribution in [-0.4, -0.2) is 59.0 Å². The van der Waals surface area contributed by atoms with Gasteiger partial charge < -0.3 is 20.6 Å². The summed E-state index contributed by atoms with van der Waals surface area (Å²) in [6.07, 6.45) is 0.919. The molecule has 0 aromatic rings. The summed E-state index contributed by atoms with van der Waals surface area (Å²) in [5, 5.41) is 9.37. The molecular weight excluding hydrogens is 274 g/mol. The molecule has 0 aromatic heterocycles. The summed E-state index contributed by atoms with van der Waals surface area (Å²) in [5.74, 6) is -1.24. The maximum Gasteiger partial charge on any atom is 0.320 e. The molecular formula is C14H25N3O4. The first-order valence-electron chi connectivity index (χ1n) is 7.27. The summed E-state index contributed by atoms with van der Waals surface area (Å²) in [4.78, 5) is 38.0. The van der Waals surface area contributed by atoms with Crippen molar-refractivity contribution in [3.8, 4) is 0 Å². The molecule has 1 aliphatic heterocycles. The molecule has 0 spiro atoms. The van der Waals surface area contributed by atoms with Crippen molar-refractivity contribution >= 4 is 17.9 Å². The number of primary amides is 1. The molecule has 1 atom stereocenters. The highest BCUT2D eigenvalue weighted by atomic mass is 16.4. The van der Waals surface area contributed by atoms with Crippen LogP contribution in [0.15, 0.2) is 0 Å². The fraction of sp³-hybridized carbons (Fsp3) is 0.786. The number of amides is 3. The number of carbonyl (C=O) groups is 3. The quantitative estimate of drug-likeness (QED) is 0.754. The number of carbonyl (C=O) groups excluding carboxylic acids is 2. The molecule has 0 bridgehead atoms. The van der Waals surface area contributed by atoms with E-state index in [1.54, 1.807) is 0 Å². The van der Waals surface area contributed by atoms with Crippen molar-refractivity contribution in [1.29, 1.82) is 0 Å². The zero-order valence-electron chi connectivity index (χ0n) is 13.0. The standard InChI is InChI=1S/C14H25N3O4/c1-4-14(12(19)20)5-6-16(9-14)13(21)17(7-10(2)3)8-11(15)18/h10H,4-9H2,1-3H3,(H2,15,18)(H,19,20). The van der Waals surface area contributed by atoms with E-state index >= 15 is 0 Å². The van der Waals surface area contributed by atoms with Crippen LogP contribution in [0.3, 0.4) is 0 Å². The van der Waals surface area contributed by atoms with Crippen LogP contribution in [0, 0.1) is 11.3 Å². The Hall–Kier alpha value is -1.79. The second kappa shape index (κ2) is 6.78. The Bertz CT molecular complexity index is 424. The highest BCUT2D eigenvalue weighted by Gasteiger charge is 2.45. The molecule has 0 radical (unpaired) electrons. The van der Waals surface area contributed by atoms with Crippen molar-refractivity contribution in [2.75, 3.05) is 26.2 Å². The molecule has 3 amide bonds. The Labute approximate surface area is 125 Å². The molecule has 0 aromatic carbocycles. The molecule has 1 saturated heterocycles. The van der Waals surface area contributed by atoms with Gasteiger partial charge in [0.15, 0.2) is 0 Å². The van der Waals surface area contributed by atoms with Crippen molar-refractivity contribution in [2.45, 2.75) is 33.6 Å². The second-order valence-corrected chi connectivity index (χ2v) is 6.13. The van der Waals surface area contributed by atoms with Crippen molar-refractivity contribution in [1.82, 2.24) is 9.80 Å². The summed E-state index contributed by atoms with van der Waals surface area (Å²) in [5.41, 5.74) is 4.32. The summed E-state index contributed by atoms with van der Waals surface area (Å²) in [6.45, 7) is 6.57. The summed E-state index contributed by atoms with van der Waals surface area (Å²) in [6, 6.07) is -0.306. The van der Waals surface area contributed by atoms with Gasteiger partial charge in [-0.3, -0.25) is 9.59 Å². The third-order valence-corrected chi connectivity index (χ3v) is 3.96. The number of carboxylic acids is 1. The lowest BCUT2D eigenvalue weighted by Gasteiger charge is -2.29. The van der Waals surface area contributed by atoms with Crippen molar-refractivity contribution in [2.24, 2.45) is 17.1 Å². The Morgan fingerprint density at radius 3 is 2.38 bits per heavy atom. The van der Waals surface area contributed by atoms with Gasteiger partial charge in [0.25, 0.3) is 0 Å². The number of rotatable bonds is 6. The molecule has 3 N–H and O–H groups in total. The van der Waals surface area contributed by atoms with Gasteiger partial charge in [-0.25, -0.2) is 4.79 Å². The molecule has 1 heterocycles. The highest BCUT2D eigenvalue weighted by Crippen LogP contribution is 2.34. The lowest BCUT2D eigenvalue weighted by Crippen LogP contribution is -2.48. The fourth-order valence-electron chi connectivity index (χ4n) is 2.69. The van der Waals surface area contributed by atoms with Crippen LogP contribution >= 0.6 is 0 Å². The zero-order chi connectivity index (χ0) is 16.2. The maximum absolute atomic E-state index is 12.5. The first-order valence-corrected chi connectivity index (χ1v) is 7.27. The molecule has 1 rings (SSSR count). The normalized spacial score (nSPS) is 21.6. The van der Waals surface area contributed by atoms with Crippen LogP contribution in [-0.2, 0) is 9.59 Å². The van der Waals surface area contributed by atoms with Gasteiger partial charge in [-0.15, -0.1) is 0 Å². The number of aliphatic carboxylic acids is 1. The molecule has 21 heavy (non-hydrogen) atoms. The van der Waals surface area contributed by atoms with Gasteiger partial charge in [-0.1, -0.05) is 20.8 Å². The van der Waals surface area contributed by atoms with Crippen molar-refractivity contribution in [3.05, 3.63) is 0 Å². The SMILES string of the molecule is CCC1(C(=O)O)CCN(C(=O)N(CC(N)=O)CC(C)C)C1. The van der Waals surface area contributed by atoms with Crippen LogP contribution in [0.5, 0.6) is 0 Å². The van der Waals surface area contributed by atoms with Gasteiger partial charge in [0.1, 0.15) is 6.54 Å². The van der Waals surface area contributed by atoms with Gasteiger partial charge in [0.2, 0.25) is 5.91 Å². The smallest absolute Gasteiger partial charge is 0.320 e. The number of nitrogens with zero attached hydrogens (tertiary/aromatic N) is 2. The molecule has 7 nitrogen and oxygen atoms in total. The van der Waals surface area contributed by atoms with Crippen LogP contribution in [0.1, 0.15) is 33.6 Å². The van der Waals surface area contributed by atoms with Crippen molar-refractivity contribution in [3.63, 3.8) is 0 Å². The first kappa shape index (κ1) is 17.3. The van der Waals surface area contributed by atoms with Gasteiger partial charge in [0, 0.05) is 19.6 Å². The highest BCUT2D eigenvalue weighted by molar-refractivity contribution is 5.84. The lowest BCUT2D eigenvalue weighted by molar-refractivity contribution is -0.148. The molecule has 120 valence electrons. The minimum Gasteiger partial charge on any atom is -0.481 e. The van der Waals surface area contributed by atoms with Crippen LogP contribution < -0.4 is 5.73 Å². The van der Waals surface area contributed by atoms with Crippen LogP contribution in [0.4, 0.5) is 4.79 Å². The summed E-state index contributed by atoms with van der Waals surface area (Å²) >= 11 is 0. The van der Waals surface area contributed by atoms with Crippen LogP contribution in [0.2, 0.25) is 0 Å². The van der Waals surface area contributed by atoms with E-state index in [2.05, 4.69) is 0 Å². The third-order valence-electron chi connectivity index (χ3n) is 3.96. The fourth-order valence-corrected chi connectivity index (χ4v) is 2.69. The Kier molecular flexibility index (Phi) is 5.57. The van der Waals surface area contributed by atoms with Crippen LogP contribution in [0.25, 0.3) is 0 Å². The molecule has 7 heteroatoms. The maximum atomic E-state index is 12.5. The van der Waals surface area contributed by atoms with Gasteiger partial charge in [-0.05, 0) is 18.8 Å². The average Bonchev–Trinajstić information content (AvgIpc) is 2.81.